The first-order valence-corrected chi connectivity index (χ1v) is 8.87. The van der Waals surface area contributed by atoms with Gasteiger partial charge in [-0.1, -0.05) is 0 Å². The summed E-state index contributed by atoms with van der Waals surface area (Å²) in [6.07, 6.45) is 0.109. The van der Waals surface area contributed by atoms with Crippen LogP contribution in [0.15, 0.2) is 42.5 Å². The Labute approximate surface area is 163 Å². The van der Waals surface area contributed by atoms with Gasteiger partial charge in [0.15, 0.2) is 5.78 Å². The summed E-state index contributed by atoms with van der Waals surface area (Å²) >= 11 is 0. The van der Waals surface area contributed by atoms with Crippen LogP contribution >= 0.6 is 0 Å². The highest BCUT2D eigenvalue weighted by Crippen LogP contribution is 2.36. The summed E-state index contributed by atoms with van der Waals surface area (Å²) in [5, 5.41) is 2.81. The zero-order valence-electron chi connectivity index (χ0n) is 16.0. The molecule has 3 rings (SSSR count). The van der Waals surface area contributed by atoms with E-state index in [2.05, 4.69) is 5.32 Å². The third-order valence-electron chi connectivity index (χ3n) is 4.73. The second-order valence-corrected chi connectivity index (χ2v) is 6.57. The highest BCUT2D eigenvalue weighted by Gasteiger charge is 2.36. The molecule has 0 aliphatic carbocycles. The van der Waals surface area contributed by atoms with Crippen LogP contribution in [0, 0.1) is 5.92 Å². The van der Waals surface area contributed by atoms with Crippen LogP contribution in [0.5, 0.6) is 11.5 Å². The predicted octanol–water partition coefficient (Wildman–Crippen LogP) is 2.90. The van der Waals surface area contributed by atoms with Crippen molar-refractivity contribution in [1.82, 2.24) is 0 Å². The van der Waals surface area contributed by atoms with E-state index < -0.39 is 5.92 Å². The third kappa shape index (κ3) is 3.98. The summed E-state index contributed by atoms with van der Waals surface area (Å²) in [5.41, 5.74) is 1.73. The zero-order valence-corrected chi connectivity index (χ0v) is 16.0. The molecule has 0 unspecified atom stereocenters. The average molecular weight is 382 g/mol. The smallest absolute Gasteiger partial charge is 0.229 e. The van der Waals surface area contributed by atoms with Crippen molar-refractivity contribution in [2.45, 2.75) is 13.3 Å². The van der Waals surface area contributed by atoms with Crippen LogP contribution in [0.3, 0.4) is 0 Å². The van der Waals surface area contributed by atoms with Crippen molar-refractivity contribution in [3.8, 4) is 11.5 Å². The van der Waals surface area contributed by atoms with E-state index in [9.17, 15) is 14.4 Å². The number of hydrogen-bond donors (Lipinski definition) is 1. The van der Waals surface area contributed by atoms with Gasteiger partial charge in [0.05, 0.1) is 25.8 Å². The monoisotopic (exact) mass is 382 g/mol. The van der Waals surface area contributed by atoms with Crippen LogP contribution in [0.25, 0.3) is 0 Å². The Morgan fingerprint density at radius 3 is 2.39 bits per heavy atom. The molecule has 2 amide bonds. The summed E-state index contributed by atoms with van der Waals surface area (Å²) in [6.45, 7) is 1.74. The molecule has 1 saturated heterocycles. The van der Waals surface area contributed by atoms with E-state index in [4.69, 9.17) is 9.47 Å². The number of hydrogen-bond acceptors (Lipinski definition) is 5. The highest BCUT2D eigenvalue weighted by atomic mass is 16.5. The van der Waals surface area contributed by atoms with Gasteiger partial charge in [0.2, 0.25) is 11.8 Å². The molecule has 2 aromatic rings. The maximum atomic E-state index is 12.6. The largest absolute Gasteiger partial charge is 0.497 e. The molecular formula is C21H22N2O5. The molecule has 1 atom stereocenters. The van der Waals surface area contributed by atoms with Crippen molar-refractivity contribution in [2.24, 2.45) is 5.92 Å². The number of ketones is 1. The van der Waals surface area contributed by atoms with Crippen LogP contribution in [0.2, 0.25) is 0 Å². The second kappa shape index (κ2) is 8.12. The Kier molecular flexibility index (Phi) is 5.63. The van der Waals surface area contributed by atoms with Crippen molar-refractivity contribution in [1.29, 1.82) is 0 Å². The molecule has 7 heteroatoms. The van der Waals surface area contributed by atoms with E-state index in [0.29, 0.717) is 28.4 Å². The summed E-state index contributed by atoms with van der Waals surface area (Å²) in [5.74, 6) is 0.210. The normalized spacial score (nSPS) is 16.0. The minimum absolute atomic E-state index is 0.0397. The molecule has 1 aliphatic rings. The SMILES string of the molecule is COc1ccc(OC)c(N2C[C@@H](C(=O)Nc3ccc(C(C)=O)cc3)CC2=O)c1. The first-order valence-electron chi connectivity index (χ1n) is 8.87. The van der Waals surface area contributed by atoms with Gasteiger partial charge in [0.1, 0.15) is 11.5 Å². The fourth-order valence-corrected chi connectivity index (χ4v) is 3.16. The van der Waals surface area contributed by atoms with Gasteiger partial charge in [-0.15, -0.1) is 0 Å². The zero-order chi connectivity index (χ0) is 20.3. The van der Waals surface area contributed by atoms with Crippen LogP contribution in [-0.2, 0) is 9.59 Å². The van der Waals surface area contributed by atoms with Crippen LogP contribution in [-0.4, -0.2) is 38.4 Å². The number of carbonyl (C=O) groups is 3. The summed E-state index contributed by atoms with van der Waals surface area (Å²) < 4.78 is 10.6. The number of Topliss-reactive ketones (excluding diaryl/α,β-unsaturated/α-hetero) is 1. The molecule has 0 saturated carbocycles. The van der Waals surface area contributed by atoms with Gasteiger partial charge in [-0.25, -0.2) is 0 Å². The Bertz CT molecular complexity index is 908. The fourth-order valence-electron chi connectivity index (χ4n) is 3.16. The van der Waals surface area contributed by atoms with Gasteiger partial charge < -0.3 is 19.7 Å². The summed E-state index contributed by atoms with van der Waals surface area (Å²) in [6, 6.07) is 11.9. The van der Waals surface area contributed by atoms with Gasteiger partial charge in [-0.3, -0.25) is 14.4 Å². The lowest BCUT2D eigenvalue weighted by molar-refractivity contribution is -0.122. The Morgan fingerprint density at radius 1 is 1.07 bits per heavy atom. The maximum Gasteiger partial charge on any atom is 0.229 e. The van der Waals surface area contributed by atoms with Crippen LogP contribution in [0.4, 0.5) is 11.4 Å². The van der Waals surface area contributed by atoms with Crippen LogP contribution < -0.4 is 19.7 Å². The van der Waals surface area contributed by atoms with Crippen molar-refractivity contribution in [3.63, 3.8) is 0 Å². The van der Waals surface area contributed by atoms with E-state index in [1.165, 1.54) is 14.0 Å². The second-order valence-electron chi connectivity index (χ2n) is 6.57. The number of amides is 2. The number of ether oxygens (including phenoxy) is 2. The van der Waals surface area contributed by atoms with E-state index >= 15 is 0 Å². The van der Waals surface area contributed by atoms with Gasteiger partial charge >= 0.3 is 0 Å². The summed E-state index contributed by atoms with van der Waals surface area (Å²) in [4.78, 5) is 38.1. The number of carbonyl (C=O) groups excluding carboxylic acids is 3. The molecule has 0 aromatic heterocycles. The molecule has 28 heavy (non-hydrogen) atoms. The number of benzene rings is 2. The van der Waals surface area contributed by atoms with Crippen molar-refractivity contribution >= 4 is 29.0 Å². The number of nitrogens with zero attached hydrogens (tertiary/aromatic N) is 1. The maximum absolute atomic E-state index is 12.6. The third-order valence-corrected chi connectivity index (χ3v) is 4.73. The Balaban J connectivity index is 1.73. The first-order chi connectivity index (χ1) is 13.4. The Hall–Kier alpha value is -3.35. The molecule has 1 aliphatic heterocycles. The predicted molar refractivity (Wildman–Crippen MR) is 105 cm³/mol. The van der Waals surface area contributed by atoms with Crippen molar-refractivity contribution in [3.05, 3.63) is 48.0 Å². The van der Waals surface area contributed by atoms with Crippen molar-refractivity contribution in [2.75, 3.05) is 31.0 Å². The summed E-state index contributed by atoms with van der Waals surface area (Å²) in [7, 11) is 3.08. The average Bonchev–Trinajstić information content (AvgIpc) is 3.09. The van der Waals surface area contributed by atoms with Crippen molar-refractivity contribution < 1.29 is 23.9 Å². The quantitative estimate of drug-likeness (QED) is 0.777. The van der Waals surface area contributed by atoms with E-state index in [-0.39, 0.29) is 30.6 Å². The molecule has 1 fully saturated rings. The molecule has 1 N–H and O–H groups in total. The lowest BCUT2D eigenvalue weighted by Crippen LogP contribution is -2.28. The molecule has 7 nitrogen and oxygen atoms in total. The van der Waals surface area contributed by atoms with E-state index in [1.807, 2.05) is 0 Å². The number of methoxy groups -OCH3 is 2. The number of rotatable bonds is 6. The lowest BCUT2D eigenvalue weighted by atomic mass is 10.1. The first kappa shape index (κ1) is 19.4. The fraction of sp³-hybridized carbons (Fsp3) is 0.286. The van der Waals surface area contributed by atoms with Gasteiger partial charge in [0.25, 0.3) is 0 Å². The Morgan fingerprint density at radius 2 is 1.79 bits per heavy atom. The van der Waals surface area contributed by atoms with E-state index in [0.717, 1.165) is 0 Å². The minimum Gasteiger partial charge on any atom is -0.497 e. The lowest BCUT2D eigenvalue weighted by Gasteiger charge is -2.20. The molecule has 2 aromatic carbocycles. The van der Waals surface area contributed by atoms with Gasteiger partial charge in [0, 0.05) is 30.3 Å². The molecule has 0 spiro atoms. The molecule has 1 heterocycles. The molecule has 0 radical (unpaired) electrons. The van der Waals surface area contributed by atoms with Crippen LogP contribution in [0.1, 0.15) is 23.7 Å². The topological polar surface area (TPSA) is 84.9 Å². The highest BCUT2D eigenvalue weighted by molar-refractivity contribution is 6.04. The number of anilines is 2. The van der Waals surface area contributed by atoms with E-state index in [1.54, 1.807) is 54.5 Å². The number of nitrogens with one attached hydrogen (secondary N) is 1. The molecule has 0 bridgehead atoms. The molecule has 146 valence electrons. The van der Waals surface area contributed by atoms with Gasteiger partial charge in [-0.2, -0.15) is 0 Å². The molecular weight excluding hydrogens is 360 g/mol. The van der Waals surface area contributed by atoms with Gasteiger partial charge in [-0.05, 0) is 43.3 Å². The standard InChI is InChI=1S/C21H22N2O5/c1-13(24)14-4-6-16(7-5-14)22-21(26)15-10-20(25)23(12-15)18-11-17(27-2)8-9-19(18)28-3/h4-9,11,15H,10,12H2,1-3H3,(H,22,26)/t15-/m0/s1. The minimum atomic E-state index is -0.490.